The lowest BCUT2D eigenvalue weighted by Crippen LogP contribution is -2.54. The van der Waals surface area contributed by atoms with E-state index in [0.717, 1.165) is 36.3 Å². The van der Waals surface area contributed by atoms with E-state index in [1.165, 1.54) is 25.7 Å². The normalized spacial score (nSPS) is 49.6. The largest absolute Gasteiger partial charge is 0.310 e. The standard InChI is InChI=1S/C13H21N/c1-2-3-14-13-11-5-9-4-10(7-11)8-12(13)6-9/h2,9-14H,1,3-8H2. The zero-order valence-corrected chi connectivity index (χ0v) is 8.91. The molecular weight excluding hydrogens is 170 g/mol. The van der Waals surface area contributed by atoms with Crippen LogP contribution in [0.2, 0.25) is 0 Å². The number of hydrogen-bond donors (Lipinski definition) is 1. The summed E-state index contributed by atoms with van der Waals surface area (Å²) in [5.74, 6) is 4.20. The molecule has 4 aliphatic carbocycles. The molecule has 0 unspecified atom stereocenters. The number of rotatable bonds is 3. The van der Waals surface area contributed by atoms with Crippen LogP contribution < -0.4 is 5.32 Å². The molecule has 1 heteroatoms. The van der Waals surface area contributed by atoms with Crippen LogP contribution in [0.5, 0.6) is 0 Å². The summed E-state index contributed by atoms with van der Waals surface area (Å²) in [6, 6.07) is 0.834. The molecule has 0 radical (unpaired) electrons. The first-order chi connectivity index (χ1) is 6.86. The van der Waals surface area contributed by atoms with Crippen LogP contribution >= 0.6 is 0 Å². The Labute approximate surface area is 87.0 Å². The number of nitrogens with one attached hydrogen (secondary N) is 1. The van der Waals surface area contributed by atoms with E-state index in [0.29, 0.717) is 0 Å². The van der Waals surface area contributed by atoms with Crippen molar-refractivity contribution in [2.75, 3.05) is 6.54 Å². The molecule has 78 valence electrons. The molecule has 0 heterocycles. The Kier molecular flexibility index (Phi) is 2.16. The minimum absolute atomic E-state index is 0.834. The highest BCUT2D eigenvalue weighted by Gasteiger charge is 2.47. The van der Waals surface area contributed by atoms with E-state index in [-0.39, 0.29) is 0 Å². The molecule has 0 aromatic heterocycles. The second-order valence-corrected chi connectivity index (χ2v) is 5.65. The van der Waals surface area contributed by atoms with Crippen molar-refractivity contribution in [3.63, 3.8) is 0 Å². The summed E-state index contributed by atoms with van der Waals surface area (Å²) in [6.07, 6.45) is 9.62. The topological polar surface area (TPSA) is 12.0 Å². The van der Waals surface area contributed by atoms with Gasteiger partial charge in [0.1, 0.15) is 0 Å². The summed E-state index contributed by atoms with van der Waals surface area (Å²) in [5.41, 5.74) is 0. The maximum atomic E-state index is 3.80. The second-order valence-electron chi connectivity index (χ2n) is 5.65. The van der Waals surface area contributed by atoms with Gasteiger partial charge >= 0.3 is 0 Å². The number of hydrogen-bond acceptors (Lipinski definition) is 1. The Balaban J connectivity index is 1.71. The molecule has 0 amide bonds. The van der Waals surface area contributed by atoms with Crippen molar-refractivity contribution in [3.8, 4) is 0 Å². The van der Waals surface area contributed by atoms with Crippen LogP contribution in [0, 0.1) is 23.7 Å². The first-order valence-corrected chi connectivity index (χ1v) is 6.21. The van der Waals surface area contributed by atoms with Crippen LogP contribution in [-0.4, -0.2) is 12.6 Å². The van der Waals surface area contributed by atoms with E-state index in [9.17, 15) is 0 Å². The third kappa shape index (κ3) is 1.33. The SMILES string of the molecule is C=CCNC1C2CC3CC(C2)CC1C3. The predicted octanol–water partition coefficient (Wildman–Crippen LogP) is 2.59. The second kappa shape index (κ2) is 3.37. The van der Waals surface area contributed by atoms with Crippen molar-refractivity contribution >= 4 is 0 Å². The highest BCUT2D eigenvalue weighted by atomic mass is 14.9. The van der Waals surface area contributed by atoms with Crippen LogP contribution in [0.4, 0.5) is 0 Å². The zero-order valence-electron chi connectivity index (χ0n) is 8.91. The van der Waals surface area contributed by atoms with Crippen molar-refractivity contribution in [2.45, 2.75) is 38.1 Å². The van der Waals surface area contributed by atoms with E-state index >= 15 is 0 Å². The summed E-state index contributed by atoms with van der Waals surface area (Å²) in [4.78, 5) is 0. The molecule has 1 nitrogen and oxygen atoms in total. The highest BCUT2D eigenvalue weighted by molar-refractivity contribution is 5.01. The van der Waals surface area contributed by atoms with Gasteiger partial charge in [-0.3, -0.25) is 0 Å². The highest BCUT2D eigenvalue weighted by Crippen LogP contribution is 2.53. The third-order valence-corrected chi connectivity index (χ3v) is 4.72. The van der Waals surface area contributed by atoms with Crippen molar-refractivity contribution in [1.29, 1.82) is 0 Å². The molecule has 0 atom stereocenters. The third-order valence-electron chi connectivity index (χ3n) is 4.72. The van der Waals surface area contributed by atoms with E-state index in [1.807, 2.05) is 6.08 Å². The van der Waals surface area contributed by atoms with Gasteiger partial charge in [-0.2, -0.15) is 0 Å². The fourth-order valence-corrected chi connectivity index (χ4v) is 4.48. The van der Waals surface area contributed by atoms with Crippen molar-refractivity contribution in [3.05, 3.63) is 12.7 Å². The van der Waals surface area contributed by atoms with Crippen LogP contribution in [0.15, 0.2) is 12.7 Å². The van der Waals surface area contributed by atoms with E-state index in [4.69, 9.17) is 0 Å². The molecule has 4 aliphatic rings. The van der Waals surface area contributed by atoms with Gasteiger partial charge in [0.15, 0.2) is 0 Å². The van der Waals surface area contributed by atoms with Crippen molar-refractivity contribution < 1.29 is 0 Å². The van der Waals surface area contributed by atoms with Crippen molar-refractivity contribution in [1.82, 2.24) is 5.32 Å². The van der Waals surface area contributed by atoms with E-state index in [1.54, 1.807) is 6.42 Å². The quantitative estimate of drug-likeness (QED) is 0.676. The summed E-state index contributed by atoms with van der Waals surface area (Å²) < 4.78 is 0. The molecule has 4 fully saturated rings. The molecule has 0 aliphatic heterocycles. The predicted molar refractivity (Wildman–Crippen MR) is 59.0 cm³/mol. The smallest absolute Gasteiger partial charge is 0.0135 e. The lowest BCUT2D eigenvalue weighted by molar-refractivity contribution is -0.0123. The molecule has 0 saturated heterocycles. The maximum Gasteiger partial charge on any atom is 0.0135 e. The molecular formula is C13H21N. The van der Waals surface area contributed by atoms with Gasteiger partial charge in [0.25, 0.3) is 0 Å². The van der Waals surface area contributed by atoms with Gasteiger partial charge < -0.3 is 5.32 Å². The first kappa shape index (κ1) is 8.96. The molecule has 4 saturated carbocycles. The molecule has 1 N–H and O–H groups in total. The van der Waals surface area contributed by atoms with Crippen LogP contribution in [0.25, 0.3) is 0 Å². The molecule has 14 heavy (non-hydrogen) atoms. The van der Waals surface area contributed by atoms with Gasteiger partial charge in [0.05, 0.1) is 0 Å². The maximum absolute atomic E-state index is 3.80. The lowest BCUT2D eigenvalue weighted by atomic mass is 9.54. The Morgan fingerprint density at radius 3 is 2.07 bits per heavy atom. The fraction of sp³-hybridized carbons (Fsp3) is 0.846. The molecule has 4 bridgehead atoms. The molecule has 0 aromatic rings. The minimum Gasteiger partial charge on any atom is -0.310 e. The Morgan fingerprint density at radius 1 is 1.00 bits per heavy atom. The molecule has 0 spiro atoms. The van der Waals surface area contributed by atoms with E-state index in [2.05, 4.69) is 11.9 Å². The molecule has 0 aromatic carbocycles. The average Bonchev–Trinajstić information content (AvgIpc) is 2.15. The van der Waals surface area contributed by atoms with Gasteiger partial charge in [-0.05, 0) is 55.8 Å². The zero-order chi connectivity index (χ0) is 9.54. The first-order valence-electron chi connectivity index (χ1n) is 6.21. The summed E-state index contributed by atoms with van der Waals surface area (Å²) in [5, 5.41) is 3.70. The van der Waals surface area contributed by atoms with Gasteiger partial charge in [0, 0.05) is 12.6 Å². The minimum atomic E-state index is 0.834. The van der Waals surface area contributed by atoms with Crippen molar-refractivity contribution in [2.24, 2.45) is 23.7 Å². The Bertz CT molecular complexity index is 205. The van der Waals surface area contributed by atoms with Gasteiger partial charge in [0.2, 0.25) is 0 Å². The van der Waals surface area contributed by atoms with Crippen LogP contribution in [0.1, 0.15) is 32.1 Å². The van der Waals surface area contributed by atoms with Crippen LogP contribution in [0.3, 0.4) is 0 Å². The Morgan fingerprint density at radius 2 is 1.57 bits per heavy atom. The average molecular weight is 191 g/mol. The molecule has 4 rings (SSSR count). The Hall–Kier alpha value is -0.300. The summed E-state index contributed by atoms with van der Waals surface area (Å²) >= 11 is 0. The monoisotopic (exact) mass is 191 g/mol. The summed E-state index contributed by atoms with van der Waals surface area (Å²) in [6.45, 7) is 4.81. The van der Waals surface area contributed by atoms with E-state index < -0.39 is 0 Å². The van der Waals surface area contributed by atoms with Gasteiger partial charge in [-0.25, -0.2) is 0 Å². The fourth-order valence-electron chi connectivity index (χ4n) is 4.48. The van der Waals surface area contributed by atoms with Gasteiger partial charge in [-0.1, -0.05) is 6.08 Å². The van der Waals surface area contributed by atoms with Gasteiger partial charge in [-0.15, -0.1) is 6.58 Å². The summed E-state index contributed by atoms with van der Waals surface area (Å²) in [7, 11) is 0. The van der Waals surface area contributed by atoms with Crippen LogP contribution in [-0.2, 0) is 0 Å². The lowest BCUT2D eigenvalue weighted by Gasteiger charge is -2.54.